The molecule has 3 aromatic carbocycles. The molecule has 13 nitrogen and oxygen atoms in total. The summed E-state index contributed by atoms with van der Waals surface area (Å²) in [6, 6.07) is 18.9. The van der Waals surface area contributed by atoms with E-state index in [-0.39, 0.29) is 19.3 Å². The van der Waals surface area contributed by atoms with Crippen LogP contribution in [0.2, 0.25) is 0 Å². The van der Waals surface area contributed by atoms with E-state index in [1.165, 1.54) is 6.33 Å². The molecular weight excluding hydrogens is 626 g/mol. The summed E-state index contributed by atoms with van der Waals surface area (Å²) in [6.45, 7) is 2.89. The third-order valence-corrected chi connectivity index (χ3v) is 8.19. The van der Waals surface area contributed by atoms with Crippen LogP contribution in [0.15, 0.2) is 85.3 Å². The van der Waals surface area contributed by atoms with E-state index in [1.54, 1.807) is 44.3 Å². The number of hydrogen-bond acceptors (Lipinski definition) is 7. The number of rotatable bonds is 17. The Hall–Kier alpha value is -5.85. The first-order valence-corrected chi connectivity index (χ1v) is 16.0. The molecule has 0 aliphatic heterocycles. The quantitative estimate of drug-likeness (QED) is 0.0909. The first-order valence-electron chi connectivity index (χ1n) is 16.0. The molecule has 256 valence electrons. The second-order valence-electron chi connectivity index (χ2n) is 11.9. The highest BCUT2D eigenvalue weighted by atomic mass is 16.2. The maximum atomic E-state index is 13.5. The van der Waals surface area contributed by atoms with Crippen molar-refractivity contribution < 1.29 is 28.8 Å². The molecule has 0 radical (unpaired) electrons. The van der Waals surface area contributed by atoms with Crippen molar-refractivity contribution in [3.63, 3.8) is 0 Å². The van der Waals surface area contributed by atoms with Gasteiger partial charge in [-0.05, 0) is 27.8 Å². The Morgan fingerprint density at radius 1 is 0.796 bits per heavy atom. The highest BCUT2D eigenvalue weighted by molar-refractivity contribution is 6.38. The standard InChI is InChI=1S/C36H41N7O6/c1-3-22(2)32(43-35(48)29(18-27-19-38-21-40-27)42-30(44)17-23-9-5-4-6-10-23)33(46)36(49)39-20-31(45)41-28(34(37)47)16-24-13-14-25-11-7-8-12-26(25)15-24/h4-15,19,21-22,28-29,32H,3,16-18,20H2,1-2H3,(H2,37,47)(H,38,40)(H,39,49)(H,41,45)(H,42,44)(H,43,48)/t22-,28-,29?,32?/m0/s1. The van der Waals surface area contributed by atoms with Gasteiger partial charge in [-0.3, -0.25) is 28.8 Å². The van der Waals surface area contributed by atoms with Crippen molar-refractivity contribution in [1.82, 2.24) is 31.2 Å². The minimum absolute atomic E-state index is 0.0300. The molecule has 0 fully saturated rings. The first kappa shape index (κ1) is 36.0. The van der Waals surface area contributed by atoms with E-state index >= 15 is 0 Å². The lowest BCUT2D eigenvalue weighted by Gasteiger charge is -2.26. The predicted molar refractivity (Wildman–Crippen MR) is 183 cm³/mol. The number of carbonyl (C=O) groups is 6. The highest BCUT2D eigenvalue weighted by Gasteiger charge is 2.34. The van der Waals surface area contributed by atoms with Crippen molar-refractivity contribution in [2.75, 3.05) is 6.54 Å². The number of benzene rings is 3. The van der Waals surface area contributed by atoms with Crippen LogP contribution in [0.5, 0.6) is 0 Å². The summed E-state index contributed by atoms with van der Waals surface area (Å²) in [7, 11) is 0. The third-order valence-electron chi connectivity index (χ3n) is 8.19. The van der Waals surface area contributed by atoms with Gasteiger partial charge in [0.05, 0.1) is 31.0 Å². The van der Waals surface area contributed by atoms with E-state index in [4.69, 9.17) is 5.73 Å². The van der Waals surface area contributed by atoms with Gasteiger partial charge in [0.15, 0.2) is 0 Å². The SMILES string of the molecule is CC[C@H](C)C(NC(=O)C(Cc1c[nH]cn1)NC(=O)Cc1ccccc1)C(=O)C(=O)NCC(=O)N[C@@H](Cc1ccc2ccccc2c1)C(N)=O. The fourth-order valence-electron chi connectivity index (χ4n) is 5.26. The van der Waals surface area contributed by atoms with Crippen molar-refractivity contribution in [3.8, 4) is 0 Å². The maximum Gasteiger partial charge on any atom is 0.290 e. The number of hydrogen-bond donors (Lipinski definition) is 6. The molecule has 1 aromatic heterocycles. The summed E-state index contributed by atoms with van der Waals surface area (Å²) < 4.78 is 0. The molecule has 49 heavy (non-hydrogen) atoms. The summed E-state index contributed by atoms with van der Waals surface area (Å²) in [4.78, 5) is 84.6. The number of amides is 5. The number of H-pyrrole nitrogens is 1. The molecule has 2 unspecified atom stereocenters. The van der Waals surface area contributed by atoms with Crippen LogP contribution in [0.1, 0.15) is 37.1 Å². The lowest BCUT2D eigenvalue weighted by Crippen LogP contribution is -2.57. The Balaban J connectivity index is 1.37. The van der Waals surface area contributed by atoms with Gasteiger partial charge in [0.2, 0.25) is 29.4 Å². The van der Waals surface area contributed by atoms with Crippen molar-refractivity contribution in [2.45, 2.75) is 57.7 Å². The Bertz CT molecular complexity index is 1780. The van der Waals surface area contributed by atoms with Crippen molar-refractivity contribution in [2.24, 2.45) is 11.7 Å². The molecule has 1 heterocycles. The largest absolute Gasteiger partial charge is 0.368 e. The van der Waals surface area contributed by atoms with Crippen LogP contribution in [0, 0.1) is 5.92 Å². The normalized spacial score (nSPS) is 13.3. The van der Waals surface area contributed by atoms with Gasteiger partial charge in [-0.2, -0.15) is 0 Å². The van der Waals surface area contributed by atoms with Crippen LogP contribution in [0.4, 0.5) is 0 Å². The lowest BCUT2D eigenvalue weighted by molar-refractivity contribution is -0.141. The molecule has 4 rings (SSSR count). The Kier molecular flexibility index (Phi) is 12.7. The second-order valence-corrected chi connectivity index (χ2v) is 11.9. The van der Waals surface area contributed by atoms with Gasteiger partial charge in [-0.1, -0.05) is 93.1 Å². The number of carbonyl (C=O) groups excluding carboxylic acids is 6. The molecule has 0 saturated carbocycles. The lowest BCUT2D eigenvalue weighted by atomic mass is 9.94. The van der Waals surface area contributed by atoms with Crippen molar-refractivity contribution >= 4 is 46.1 Å². The number of primary amides is 1. The predicted octanol–water partition coefficient (Wildman–Crippen LogP) is 1.26. The zero-order valence-corrected chi connectivity index (χ0v) is 27.4. The molecule has 0 spiro atoms. The number of nitrogens with one attached hydrogen (secondary N) is 5. The fourth-order valence-corrected chi connectivity index (χ4v) is 5.26. The average molecular weight is 668 g/mol. The van der Waals surface area contributed by atoms with E-state index in [0.717, 1.165) is 21.9 Å². The van der Waals surface area contributed by atoms with Crippen LogP contribution in [0.3, 0.4) is 0 Å². The third kappa shape index (κ3) is 10.6. The molecule has 4 atom stereocenters. The highest BCUT2D eigenvalue weighted by Crippen LogP contribution is 2.17. The Morgan fingerprint density at radius 3 is 2.16 bits per heavy atom. The van der Waals surface area contributed by atoms with E-state index in [0.29, 0.717) is 12.1 Å². The van der Waals surface area contributed by atoms with Crippen molar-refractivity contribution in [3.05, 3.63) is 102 Å². The van der Waals surface area contributed by atoms with Crippen LogP contribution >= 0.6 is 0 Å². The second kappa shape index (κ2) is 17.3. The van der Waals surface area contributed by atoms with Gasteiger partial charge in [0.1, 0.15) is 12.1 Å². The summed E-state index contributed by atoms with van der Waals surface area (Å²) in [6.07, 6.45) is 3.65. The van der Waals surface area contributed by atoms with Crippen LogP contribution < -0.4 is 27.0 Å². The van der Waals surface area contributed by atoms with Gasteiger partial charge >= 0.3 is 0 Å². The number of aromatic amines is 1. The van der Waals surface area contributed by atoms with Crippen LogP contribution in [-0.2, 0) is 48.0 Å². The maximum absolute atomic E-state index is 13.5. The van der Waals surface area contributed by atoms with Gasteiger partial charge in [-0.25, -0.2) is 4.98 Å². The molecule has 4 aromatic rings. The number of aromatic nitrogens is 2. The number of nitrogens with two attached hydrogens (primary N) is 1. The Labute approximate surface area is 283 Å². The summed E-state index contributed by atoms with van der Waals surface area (Å²) in [5, 5.41) is 12.1. The van der Waals surface area contributed by atoms with Gasteiger partial charge < -0.3 is 32.0 Å². The number of imidazole rings is 1. The fraction of sp³-hybridized carbons (Fsp3) is 0.306. The topological polar surface area (TPSA) is 205 Å². The summed E-state index contributed by atoms with van der Waals surface area (Å²) in [5.41, 5.74) is 7.58. The van der Waals surface area contributed by atoms with E-state index in [9.17, 15) is 28.8 Å². The van der Waals surface area contributed by atoms with Crippen LogP contribution in [-0.4, -0.2) is 70.0 Å². The molecule has 0 aliphatic rings. The minimum Gasteiger partial charge on any atom is -0.368 e. The molecular formula is C36H41N7O6. The summed E-state index contributed by atoms with van der Waals surface area (Å²) in [5.74, 6) is -5.10. The first-order chi connectivity index (χ1) is 23.5. The number of Topliss-reactive ketones (excluding diaryl/α,β-unsaturated/α-hetero) is 1. The molecule has 0 bridgehead atoms. The van der Waals surface area contributed by atoms with Gasteiger partial charge in [0, 0.05) is 19.0 Å². The smallest absolute Gasteiger partial charge is 0.290 e. The zero-order valence-electron chi connectivity index (χ0n) is 27.4. The van der Waals surface area contributed by atoms with Gasteiger partial charge in [-0.15, -0.1) is 0 Å². The monoisotopic (exact) mass is 667 g/mol. The van der Waals surface area contributed by atoms with E-state index < -0.39 is 65.9 Å². The zero-order chi connectivity index (χ0) is 35.3. The molecule has 13 heteroatoms. The van der Waals surface area contributed by atoms with Crippen molar-refractivity contribution in [1.29, 1.82) is 0 Å². The van der Waals surface area contributed by atoms with E-state index in [2.05, 4.69) is 31.2 Å². The van der Waals surface area contributed by atoms with Crippen LogP contribution in [0.25, 0.3) is 10.8 Å². The van der Waals surface area contributed by atoms with Gasteiger partial charge in [0.25, 0.3) is 5.91 Å². The van der Waals surface area contributed by atoms with E-state index in [1.807, 2.05) is 48.5 Å². The summed E-state index contributed by atoms with van der Waals surface area (Å²) >= 11 is 0. The minimum atomic E-state index is -1.25. The molecule has 0 saturated heterocycles. The number of ketones is 1. The average Bonchev–Trinajstić information content (AvgIpc) is 3.61. The molecule has 7 N–H and O–H groups in total. The number of fused-ring (bicyclic) bond motifs is 1. The Morgan fingerprint density at radius 2 is 1.49 bits per heavy atom. The molecule has 0 aliphatic carbocycles. The molecule has 5 amide bonds. The number of nitrogens with zero attached hydrogens (tertiary/aromatic N) is 1.